The third-order valence-corrected chi connectivity index (χ3v) is 4.28. The van der Waals surface area contributed by atoms with Crippen LogP contribution in [0.2, 0.25) is 0 Å². The van der Waals surface area contributed by atoms with Gasteiger partial charge in [-0.3, -0.25) is 9.59 Å². The van der Waals surface area contributed by atoms with E-state index in [9.17, 15) is 14.0 Å². The molecule has 1 fully saturated rings. The smallest absolute Gasteiger partial charge is 0.247 e. The van der Waals surface area contributed by atoms with Gasteiger partial charge in [-0.1, -0.05) is 36.4 Å². The monoisotopic (exact) mass is 356 g/mol. The second-order valence-electron chi connectivity index (χ2n) is 6.07. The van der Waals surface area contributed by atoms with E-state index in [4.69, 9.17) is 4.74 Å². The Morgan fingerprint density at radius 1 is 1.15 bits per heavy atom. The number of ether oxygens (including phenoxy) is 1. The number of nitrogens with zero attached hydrogens (tertiary/aromatic N) is 1. The average Bonchev–Trinajstić information content (AvgIpc) is 2.66. The molecule has 0 radical (unpaired) electrons. The zero-order chi connectivity index (χ0) is 18.4. The fourth-order valence-electron chi connectivity index (χ4n) is 3.02. The van der Waals surface area contributed by atoms with Crippen LogP contribution in [-0.4, -0.2) is 36.4 Å². The lowest BCUT2D eigenvalue weighted by Crippen LogP contribution is -2.52. The van der Waals surface area contributed by atoms with Gasteiger partial charge in [0.15, 0.2) is 0 Å². The van der Waals surface area contributed by atoms with Gasteiger partial charge in [-0.25, -0.2) is 4.39 Å². The van der Waals surface area contributed by atoms with Crippen LogP contribution in [-0.2, 0) is 9.59 Å². The van der Waals surface area contributed by atoms with Crippen LogP contribution in [0.25, 0.3) is 0 Å². The summed E-state index contributed by atoms with van der Waals surface area (Å²) in [7, 11) is 0. The Morgan fingerprint density at radius 3 is 2.65 bits per heavy atom. The number of benzene rings is 2. The lowest BCUT2D eigenvalue weighted by molar-refractivity contribution is -0.143. The molecule has 6 heteroatoms. The van der Waals surface area contributed by atoms with Gasteiger partial charge in [0.25, 0.3) is 0 Å². The van der Waals surface area contributed by atoms with E-state index in [0.717, 1.165) is 5.75 Å². The summed E-state index contributed by atoms with van der Waals surface area (Å²) in [5.74, 6) is -0.263. The van der Waals surface area contributed by atoms with Crippen LogP contribution in [0.15, 0.2) is 54.6 Å². The number of halogens is 1. The van der Waals surface area contributed by atoms with Crippen LogP contribution in [0.3, 0.4) is 0 Å². The van der Waals surface area contributed by atoms with Crippen molar-refractivity contribution in [2.75, 3.05) is 19.7 Å². The minimum atomic E-state index is -0.924. The maximum Gasteiger partial charge on any atom is 0.247 e. The van der Waals surface area contributed by atoms with Gasteiger partial charge in [0.05, 0.1) is 6.61 Å². The molecule has 5 nitrogen and oxygen atoms in total. The lowest BCUT2D eigenvalue weighted by atomic mass is 10.0. The molecule has 1 N–H and O–H groups in total. The average molecular weight is 356 g/mol. The summed E-state index contributed by atoms with van der Waals surface area (Å²) in [6.07, 6.45) is 0.765. The van der Waals surface area contributed by atoms with Crippen molar-refractivity contribution in [3.63, 3.8) is 0 Å². The Kier molecular flexibility index (Phi) is 5.84. The highest BCUT2D eigenvalue weighted by Crippen LogP contribution is 2.26. The summed E-state index contributed by atoms with van der Waals surface area (Å²) < 4.78 is 19.7. The van der Waals surface area contributed by atoms with Gasteiger partial charge in [-0.15, -0.1) is 0 Å². The molecule has 3 rings (SSSR count). The SMILES string of the molecule is O=C1NCCN(C(=O)CCCOc2ccccc2)C1c1ccccc1F. The minimum absolute atomic E-state index is 0.176. The van der Waals surface area contributed by atoms with Gasteiger partial charge < -0.3 is 15.0 Å². The summed E-state index contributed by atoms with van der Waals surface area (Å²) >= 11 is 0. The van der Waals surface area contributed by atoms with Crippen LogP contribution in [0, 0.1) is 5.82 Å². The van der Waals surface area contributed by atoms with Gasteiger partial charge in [0.1, 0.15) is 17.6 Å². The third-order valence-electron chi connectivity index (χ3n) is 4.28. The molecule has 1 unspecified atom stereocenters. The first-order valence-corrected chi connectivity index (χ1v) is 8.66. The standard InChI is InChI=1S/C20H21FN2O3/c21-17-10-5-4-9-16(17)19-20(25)22-12-13-23(19)18(24)11-6-14-26-15-7-2-1-3-8-15/h1-5,7-10,19H,6,11-14H2,(H,22,25). The first-order valence-electron chi connectivity index (χ1n) is 8.66. The third kappa shape index (κ3) is 4.20. The van der Waals surface area contributed by atoms with E-state index in [1.54, 1.807) is 18.2 Å². The largest absolute Gasteiger partial charge is 0.494 e. The quantitative estimate of drug-likeness (QED) is 0.810. The number of carbonyl (C=O) groups excluding carboxylic acids is 2. The molecule has 1 atom stereocenters. The van der Waals surface area contributed by atoms with Gasteiger partial charge in [-0.2, -0.15) is 0 Å². The zero-order valence-corrected chi connectivity index (χ0v) is 14.4. The number of piperazine rings is 1. The number of nitrogens with one attached hydrogen (secondary N) is 1. The molecule has 0 saturated carbocycles. The fraction of sp³-hybridized carbons (Fsp3) is 0.300. The molecule has 1 aliphatic rings. The number of carbonyl (C=O) groups is 2. The Hall–Kier alpha value is -2.89. The van der Waals surface area contributed by atoms with E-state index in [0.29, 0.717) is 26.1 Å². The number of hydrogen-bond acceptors (Lipinski definition) is 3. The van der Waals surface area contributed by atoms with E-state index >= 15 is 0 Å². The number of hydrogen-bond donors (Lipinski definition) is 1. The van der Waals surface area contributed by atoms with Crippen molar-refractivity contribution in [3.8, 4) is 5.75 Å². The van der Waals surface area contributed by atoms with Crippen molar-refractivity contribution in [2.45, 2.75) is 18.9 Å². The second kappa shape index (κ2) is 8.47. The highest BCUT2D eigenvalue weighted by molar-refractivity contribution is 5.89. The molecule has 1 heterocycles. The van der Waals surface area contributed by atoms with Crippen LogP contribution in [0.4, 0.5) is 4.39 Å². The number of amides is 2. The lowest BCUT2D eigenvalue weighted by Gasteiger charge is -2.35. The molecule has 26 heavy (non-hydrogen) atoms. The van der Waals surface area contributed by atoms with Crippen molar-refractivity contribution >= 4 is 11.8 Å². The highest BCUT2D eigenvalue weighted by atomic mass is 19.1. The molecular formula is C20H21FN2O3. The molecular weight excluding hydrogens is 335 g/mol. The van der Waals surface area contributed by atoms with Gasteiger partial charge in [-0.05, 0) is 24.6 Å². The van der Waals surface area contributed by atoms with Crippen molar-refractivity contribution in [1.29, 1.82) is 0 Å². The number of para-hydroxylation sites is 1. The summed E-state index contributed by atoms with van der Waals surface area (Å²) in [6.45, 7) is 1.14. The first kappa shape index (κ1) is 17.9. The molecule has 2 amide bonds. The Balaban J connectivity index is 1.61. The Labute approximate surface area is 151 Å². The molecule has 136 valence electrons. The first-order chi connectivity index (χ1) is 12.7. The van der Waals surface area contributed by atoms with Crippen LogP contribution < -0.4 is 10.1 Å². The van der Waals surface area contributed by atoms with Gasteiger partial charge in [0, 0.05) is 25.1 Å². The molecule has 1 aliphatic heterocycles. The van der Waals surface area contributed by atoms with E-state index in [1.165, 1.54) is 11.0 Å². The van der Waals surface area contributed by atoms with Crippen LogP contribution >= 0.6 is 0 Å². The van der Waals surface area contributed by atoms with E-state index < -0.39 is 11.9 Å². The minimum Gasteiger partial charge on any atom is -0.494 e. The topological polar surface area (TPSA) is 58.6 Å². The van der Waals surface area contributed by atoms with Crippen LogP contribution in [0.5, 0.6) is 5.75 Å². The zero-order valence-electron chi connectivity index (χ0n) is 14.4. The van der Waals surface area contributed by atoms with Crippen molar-refractivity contribution in [3.05, 3.63) is 66.0 Å². The maximum absolute atomic E-state index is 14.1. The number of rotatable bonds is 6. The molecule has 0 aliphatic carbocycles. The normalized spacial score (nSPS) is 16.9. The molecule has 0 aromatic heterocycles. The molecule has 2 aromatic carbocycles. The second-order valence-corrected chi connectivity index (χ2v) is 6.07. The van der Waals surface area contributed by atoms with E-state index in [2.05, 4.69) is 5.32 Å². The Morgan fingerprint density at radius 2 is 1.88 bits per heavy atom. The summed E-state index contributed by atoms with van der Waals surface area (Å²) in [5, 5.41) is 2.71. The van der Waals surface area contributed by atoms with Crippen molar-refractivity contribution in [1.82, 2.24) is 10.2 Å². The predicted octanol–water partition coefficient (Wildman–Crippen LogP) is 2.68. The van der Waals surface area contributed by atoms with Crippen molar-refractivity contribution in [2.24, 2.45) is 0 Å². The van der Waals surface area contributed by atoms with Gasteiger partial charge in [0.2, 0.25) is 11.8 Å². The predicted molar refractivity (Wildman–Crippen MR) is 95.0 cm³/mol. The molecule has 0 bridgehead atoms. The molecule has 1 saturated heterocycles. The molecule has 0 spiro atoms. The highest BCUT2D eigenvalue weighted by Gasteiger charge is 2.35. The fourth-order valence-corrected chi connectivity index (χ4v) is 3.02. The maximum atomic E-state index is 14.1. The van der Waals surface area contributed by atoms with Crippen LogP contribution in [0.1, 0.15) is 24.4 Å². The van der Waals surface area contributed by atoms with Gasteiger partial charge >= 0.3 is 0 Å². The van der Waals surface area contributed by atoms with E-state index in [-0.39, 0.29) is 23.8 Å². The van der Waals surface area contributed by atoms with E-state index in [1.807, 2.05) is 30.3 Å². The summed E-state index contributed by atoms with van der Waals surface area (Å²) in [4.78, 5) is 26.4. The van der Waals surface area contributed by atoms with Crippen molar-refractivity contribution < 1.29 is 18.7 Å². The molecule has 2 aromatic rings. The summed E-state index contributed by atoms with van der Waals surface area (Å²) in [5.41, 5.74) is 0.221. The summed E-state index contributed by atoms with van der Waals surface area (Å²) in [6, 6.07) is 14.5. The Bertz CT molecular complexity index is 767.